The summed E-state index contributed by atoms with van der Waals surface area (Å²) in [6, 6.07) is 7.48. The summed E-state index contributed by atoms with van der Waals surface area (Å²) in [7, 11) is 1.89. The molecule has 1 aromatic heterocycles. The third-order valence-electron chi connectivity index (χ3n) is 2.82. The fourth-order valence-electron chi connectivity index (χ4n) is 1.48. The zero-order valence-corrected chi connectivity index (χ0v) is 13.8. The van der Waals surface area contributed by atoms with E-state index in [1.54, 1.807) is 0 Å². The van der Waals surface area contributed by atoms with Gasteiger partial charge in [-0.3, -0.25) is 4.79 Å². The lowest BCUT2D eigenvalue weighted by Gasteiger charge is -2.11. The molecular weight excluding hydrogens is 340 g/mol. The molecule has 1 heterocycles. The lowest BCUT2D eigenvalue weighted by molar-refractivity contribution is -0.115. The molecule has 0 spiro atoms. The molecule has 1 atom stereocenters. The van der Waals surface area contributed by atoms with Crippen LogP contribution in [0.3, 0.4) is 0 Å². The van der Waals surface area contributed by atoms with Gasteiger partial charge in [-0.1, -0.05) is 27.7 Å². The molecule has 0 aliphatic carbocycles. The van der Waals surface area contributed by atoms with Gasteiger partial charge in [-0.2, -0.15) is 0 Å². The topological polar surface area (TPSA) is 59.8 Å². The average molecular weight is 355 g/mol. The molecule has 2 rings (SSSR count). The summed E-state index contributed by atoms with van der Waals surface area (Å²) >= 11 is 4.75. The largest absolute Gasteiger partial charge is 0.325 e. The van der Waals surface area contributed by atoms with Crippen LogP contribution < -0.4 is 5.32 Å². The molecule has 20 heavy (non-hydrogen) atoms. The summed E-state index contributed by atoms with van der Waals surface area (Å²) in [6.07, 6.45) is 0. The molecule has 5 nitrogen and oxygen atoms in total. The third-order valence-corrected chi connectivity index (χ3v) is 4.48. The Kier molecular flexibility index (Phi) is 4.82. The van der Waals surface area contributed by atoms with E-state index < -0.39 is 0 Å². The Morgan fingerprint density at radius 3 is 2.55 bits per heavy atom. The van der Waals surface area contributed by atoms with Gasteiger partial charge in [0.15, 0.2) is 5.16 Å². The van der Waals surface area contributed by atoms with E-state index in [1.165, 1.54) is 11.8 Å². The molecule has 0 aliphatic rings. The predicted molar refractivity (Wildman–Crippen MR) is 83.8 cm³/mol. The molecule has 7 heteroatoms. The highest BCUT2D eigenvalue weighted by Gasteiger charge is 2.18. The van der Waals surface area contributed by atoms with Crippen LogP contribution in [0.25, 0.3) is 0 Å². The Bertz CT molecular complexity index is 611. The summed E-state index contributed by atoms with van der Waals surface area (Å²) in [5.41, 5.74) is 0.778. The summed E-state index contributed by atoms with van der Waals surface area (Å²) in [5.74, 6) is 0.769. The normalized spacial score (nSPS) is 12.2. The molecule has 1 amide bonds. The van der Waals surface area contributed by atoms with Crippen LogP contribution in [0, 0.1) is 6.92 Å². The van der Waals surface area contributed by atoms with Gasteiger partial charge in [0.25, 0.3) is 0 Å². The van der Waals surface area contributed by atoms with Gasteiger partial charge in [0.05, 0.1) is 5.25 Å². The predicted octanol–water partition coefficient (Wildman–Crippen LogP) is 3.01. The molecule has 2 aromatic rings. The Morgan fingerprint density at radius 2 is 2.00 bits per heavy atom. The first kappa shape index (κ1) is 15.1. The number of carbonyl (C=O) groups excluding carboxylic acids is 1. The van der Waals surface area contributed by atoms with Gasteiger partial charge < -0.3 is 9.88 Å². The molecule has 1 aromatic carbocycles. The maximum absolute atomic E-state index is 12.1. The maximum Gasteiger partial charge on any atom is 0.237 e. The number of thioether (sulfide) groups is 1. The Morgan fingerprint density at radius 1 is 1.35 bits per heavy atom. The number of halogens is 1. The second kappa shape index (κ2) is 6.41. The highest BCUT2D eigenvalue weighted by Crippen LogP contribution is 2.22. The molecule has 0 saturated heterocycles. The van der Waals surface area contributed by atoms with Gasteiger partial charge in [0, 0.05) is 17.2 Å². The molecule has 0 bridgehead atoms. The van der Waals surface area contributed by atoms with E-state index in [0.717, 1.165) is 21.1 Å². The lowest BCUT2D eigenvalue weighted by atomic mass is 10.3. The number of rotatable bonds is 4. The highest BCUT2D eigenvalue weighted by atomic mass is 79.9. The Balaban J connectivity index is 1.98. The minimum absolute atomic E-state index is 0.0574. The van der Waals surface area contributed by atoms with Gasteiger partial charge in [-0.15, -0.1) is 10.2 Å². The fraction of sp³-hybridized carbons (Fsp3) is 0.308. The number of nitrogens with one attached hydrogen (secondary N) is 1. The van der Waals surface area contributed by atoms with E-state index in [1.807, 2.05) is 49.7 Å². The van der Waals surface area contributed by atoms with Crippen molar-refractivity contribution < 1.29 is 4.79 Å². The summed E-state index contributed by atoms with van der Waals surface area (Å²) in [6.45, 7) is 3.73. The number of nitrogens with zero attached hydrogens (tertiary/aromatic N) is 3. The van der Waals surface area contributed by atoms with Crippen molar-refractivity contribution in [1.29, 1.82) is 0 Å². The van der Waals surface area contributed by atoms with Crippen molar-refractivity contribution in [3.8, 4) is 0 Å². The number of hydrogen-bond donors (Lipinski definition) is 1. The summed E-state index contributed by atoms with van der Waals surface area (Å²) in [5, 5.41) is 11.4. The number of carbonyl (C=O) groups is 1. The van der Waals surface area contributed by atoms with Gasteiger partial charge in [-0.25, -0.2) is 0 Å². The fourth-order valence-corrected chi connectivity index (χ4v) is 2.60. The summed E-state index contributed by atoms with van der Waals surface area (Å²) in [4.78, 5) is 12.1. The SMILES string of the molecule is Cc1nnc(S[C@H](C)C(=O)Nc2ccc(Br)cc2)n1C. The minimum atomic E-state index is -0.249. The second-order valence-electron chi connectivity index (χ2n) is 4.35. The van der Waals surface area contributed by atoms with Gasteiger partial charge in [0.2, 0.25) is 5.91 Å². The first-order valence-electron chi connectivity index (χ1n) is 6.06. The highest BCUT2D eigenvalue weighted by molar-refractivity contribution is 9.10. The van der Waals surface area contributed by atoms with Crippen molar-refractivity contribution in [3.63, 3.8) is 0 Å². The van der Waals surface area contributed by atoms with Crippen LogP contribution in [0.15, 0.2) is 33.9 Å². The first-order chi connectivity index (χ1) is 9.47. The van der Waals surface area contributed by atoms with Crippen molar-refractivity contribution in [2.24, 2.45) is 7.05 Å². The van der Waals surface area contributed by atoms with E-state index >= 15 is 0 Å². The number of aromatic nitrogens is 3. The summed E-state index contributed by atoms with van der Waals surface area (Å²) < 4.78 is 2.85. The smallest absolute Gasteiger partial charge is 0.237 e. The van der Waals surface area contributed by atoms with E-state index in [-0.39, 0.29) is 11.2 Å². The first-order valence-corrected chi connectivity index (χ1v) is 7.73. The second-order valence-corrected chi connectivity index (χ2v) is 6.57. The van der Waals surface area contributed by atoms with E-state index in [4.69, 9.17) is 0 Å². The molecular formula is C13H15BrN4OS. The lowest BCUT2D eigenvalue weighted by Crippen LogP contribution is -2.22. The van der Waals surface area contributed by atoms with E-state index in [9.17, 15) is 4.79 Å². The van der Waals surface area contributed by atoms with Crippen LogP contribution in [-0.4, -0.2) is 25.9 Å². The number of hydrogen-bond acceptors (Lipinski definition) is 4. The Hall–Kier alpha value is -1.34. The van der Waals surface area contributed by atoms with Crippen LogP contribution >= 0.6 is 27.7 Å². The van der Waals surface area contributed by atoms with E-state index in [2.05, 4.69) is 31.4 Å². The molecule has 0 unspecified atom stereocenters. The third kappa shape index (κ3) is 3.61. The molecule has 0 saturated carbocycles. The van der Waals surface area contributed by atoms with Crippen LogP contribution in [0.5, 0.6) is 0 Å². The zero-order valence-electron chi connectivity index (χ0n) is 11.4. The molecule has 0 fully saturated rings. The average Bonchev–Trinajstić information content (AvgIpc) is 2.73. The van der Waals surface area contributed by atoms with Crippen LogP contribution in [0.4, 0.5) is 5.69 Å². The maximum atomic E-state index is 12.1. The van der Waals surface area contributed by atoms with E-state index in [0.29, 0.717) is 0 Å². The molecule has 1 N–H and O–H groups in total. The van der Waals surface area contributed by atoms with Gasteiger partial charge in [0.1, 0.15) is 5.82 Å². The standard InChI is InChI=1S/C13H15BrN4OS/c1-8(20-13-17-16-9(2)18(13)3)12(19)15-11-6-4-10(14)5-7-11/h4-8H,1-3H3,(H,15,19)/t8-/m1/s1. The van der Waals surface area contributed by atoms with Crippen molar-refractivity contribution in [1.82, 2.24) is 14.8 Å². The van der Waals surface area contributed by atoms with Crippen molar-refractivity contribution in [2.75, 3.05) is 5.32 Å². The Labute approximate surface area is 130 Å². The minimum Gasteiger partial charge on any atom is -0.325 e. The molecule has 0 aliphatic heterocycles. The molecule has 0 radical (unpaired) electrons. The van der Waals surface area contributed by atoms with Crippen LogP contribution in [-0.2, 0) is 11.8 Å². The number of benzene rings is 1. The number of anilines is 1. The number of amides is 1. The zero-order chi connectivity index (χ0) is 14.7. The van der Waals surface area contributed by atoms with Crippen LogP contribution in [0.1, 0.15) is 12.7 Å². The number of aryl methyl sites for hydroxylation is 1. The molecule has 106 valence electrons. The van der Waals surface area contributed by atoms with Crippen molar-refractivity contribution >= 4 is 39.3 Å². The quantitative estimate of drug-likeness (QED) is 0.857. The van der Waals surface area contributed by atoms with Gasteiger partial charge in [-0.05, 0) is 38.1 Å². The van der Waals surface area contributed by atoms with Crippen LogP contribution in [0.2, 0.25) is 0 Å². The monoisotopic (exact) mass is 354 g/mol. The van der Waals surface area contributed by atoms with Crippen molar-refractivity contribution in [2.45, 2.75) is 24.3 Å². The van der Waals surface area contributed by atoms with Crippen molar-refractivity contribution in [3.05, 3.63) is 34.6 Å². The van der Waals surface area contributed by atoms with Gasteiger partial charge >= 0.3 is 0 Å².